The van der Waals surface area contributed by atoms with E-state index in [0.717, 1.165) is 6.54 Å². The number of nitrogens with zero attached hydrogens (tertiary/aromatic N) is 1. The molecule has 0 fully saturated rings. The van der Waals surface area contributed by atoms with Gasteiger partial charge in [0.05, 0.1) is 26.4 Å². The number of quaternary nitrogens is 1. The zero-order valence-electron chi connectivity index (χ0n) is 10.7. The highest BCUT2D eigenvalue weighted by atomic mass is 32.2. The van der Waals surface area contributed by atoms with Crippen molar-refractivity contribution in [3.8, 4) is 0 Å². The SMILES string of the molecule is CC(=O)OCC[N+](C)(C)CCCCS(=O)(=O)O. The molecule has 1 N–H and O–H groups in total. The fraction of sp³-hybridized carbons (Fsp3) is 0.900. The van der Waals surface area contributed by atoms with Gasteiger partial charge in [-0.25, -0.2) is 0 Å². The van der Waals surface area contributed by atoms with E-state index in [2.05, 4.69) is 0 Å². The first-order valence-corrected chi connectivity index (χ1v) is 7.14. The van der Waals surface area contributed by atoms with Crippen LogP contribution in [-0.2, 0) is 19.6 Å². The molecule has 102 valence electrons. The minimum atomic E-state index is -3.85. The van der Waals surface area contributed by atoms with E-state index in [4.69, 9.17) is 9.29 Å². The molecule has 0 rings (SSSR count). The molecule has 0 saturated heterocycles. The lowest BCUT2D eigenvalue weighted by molar-refractivity contribution is -0.890. The van der Waals surface area contributed by atoms with Gasteiger partial charge >= 0.3 is 5.97 Å². The van der Waals surface area contributed by atoms with Crippen LogP contribution >= 0.6 is 0 Å². The summed E-state index contributed by atoms with van der Waals surface area (Å²) in [6.07, 6.45) is 1.14. The molecule has 0 heterocycles. The highest BCUT2D eigenvalue weighted by Crippen LogP contribution is 2.03. The van der Waals surface area contributed by atoms with Gasteiger partial charge in [0.2, 0.25) is 0 Å². The minimum absolute atomic E-state index is 0.197. The van der Waals surface area contributed by atoms with E-state index in [1.807, 2.05) is 14.1 Å². The summed E-state index contributed by atoms with van der Waals surface area (Å²) in [5, 5.41) is 0. The second-order valence-corrected chi connectivity index (χ2v) is 6.29. The average Bonchev–Trinajstić information content (AvgIpc) is 2.10. The Hall–Kier alpha value is -0.660. The van der Waals surface area contributed by atoms with Gasteiger partial charge in [-0.1, -0.05) is 0 Å². The van der Waals surface area contributed by atoms with Gasteiger partial charge in [0.15, 0.2) is 0 Å². The summed E-state index contributed by atoms with van der Waals surface area (Å²) in [7, 11) is 0.120. The molecular formula is C10H22NO5S+. The molecule has 0 radical (unpaired) electrons. The lowest BCUT2D eigenvalue weighted by atomic mass is 10.3. The Morgan fingerprint density at radius 3 is 2.29 bits per heavy atom. The predicted molar refractivity (Wildman–Crippen MR) is 64.1 cm³/mol. The van der Waals surface area contributed by atoms with Crippen molar-refractivity contribution >= 4 is 16.1 Å². The van der Waals surface area contributed by atoms with Crippen LogP contribution in [-0.4, -0.2) is 63.0 Å². The van der Waals surface area contributed by atoms with Crippen LogP contribution in [0.2, 0.25) is 0 Å². The van der Waals surface area contributed by atoms with Gasteiger partial charge in [-0.3, -0.25) is 9.35 Å². The summed E-state index contributed by atoms with van der Waals surface area (Å²) >= 11 is 0. The van der Waals surface area contributed by atoms with Crippen LogP contribution in [0.5, 0.6) is 0 Å². The highest BCUT2D eigenvalue weighted by Gasteiger charge is 2.15. The van der Waals surface area contributed by atoms with E-state index in [1.165, 1.54) is 6.92 Å². The van der Waals surface area contributed by atoms with Gasteiger partial charge in [0, 0.05) is 6.92 Å². The molecule has 17 heavy (non-hydrogen) atoms. The van der Waals surface area contributed by atoms with Crippen LogP contribution in [0.4, 0.5) is 0 Å². The van der Waals surface area contributed by atoms with Crippen molar-refractivity contribution in [2.75, 3.05) is 39.5 Å². The third-order valence-electron chi connectivity index (χ3n) is 2.42. The summed E-state index contributed by atoms with van der Waals surface area (Å²) in [5.74, 6) is -0.492. The smallest absolute Gasteiger partial charge is 0.302 e. The monoisotopic (exact) mass is 268 g/mol. The second-order valence-electron chi connectivity index (χ2n) is 4.72. The number of carbonyl (C=O) groups is 1. The van der Waals surface area contributed by atoms with Crippen LogP contribution in [0.1, 0.15) is 19.8 Å². The Kier molecular flexibility index (Phi) is 6.66. The zero-order valence-corrected chi connectivity index (χ0v) is 11.5. The molecule has 0 aliphatic carbocycles. The van der Waals surface area contributed by atoms with E-state index < -0.39 is 10.1 Å². The standard InChI is InChI=1S/C10H21NO5S/c1-10(12)16-8-7-11(2,3)6-4-5-9-17(13,14)15/h4-9H2,1-3H3/p+1. The fourth-order valence-corrected chi connectivity index (χ4v) is 1.94. The number of rotatable bonds is 8. The van der Waals surface area contributed by atoms with Crippen molar-refractivity contribution in [1.82, 2.24) is 0 Å². The first-order chi connectivity index (χ1) is 7.62. The highest BCUT2D eigenvalue weighted by molar-refractivity contribution is 7.85. The van der Waals surface area contributed by atoms with E-state index in [9.17, 15) is 13.2 Å². The average molecular weight is 268 g/mol. The minimum Gasteiger partial charge on any atom is -0.460 e. The number of hydrogen-bond acceptors (Lipinski definition) is 4. The fourth-order valence-electron chi connectivity index (χ4n) is 1.37. The Labute approximate surface area is 103 Å². The molecule has 6 nitrogen and oxygen atoms in total. The summed E-state index contributed by atoms with van der Waals surface area (Å²) in [6.45, 7) is 3.19. The Bertz CT molecular complexity index is 337. The first-order valence-electron chi connectivity index (χ1n) is 5.53. The van der Waals surface area contributed by atoms with Gasteiger partial charge in [-0.05, 0) is 12.8 Å². The lowest BCUT2D eigenvalue weighted by Crippen LogP contribution is -2.43. The number of unbranched alkanes of at least 4 members (excludes halogenated alkanes) is 1. The number of esters is 1. The maximum Gasteiger partial charge on any atom is 0.302 e. The van der Waals surface area contributed by atoms with Crippen molar-refractivity contribution in [2.45, 2.75) is 19.8 Å². The molecule has 0 spiro atoms. The Morgan fingerprint density at radius 1 is 1.24 bits per heavy atom. The van der Waals surface area contributed by atoms with E-state index in [0.29, 0.717) is 30.5 Å². The van der Waals surface area contributed by atoms with Crippen LogP contribution in [0.3, 0.4) is 0 Å². The molecule has 0 unspecified atom stereocenters. The van der Waals surface area contributed by atoms with Crippen LogP contribution in [0.15, 0.2) is 0 Å². The van der Waals surface area contributed by atoms with Crippen molar-refractivity contribution in [3.05, 3.63) is 0 Å². The molecule has 0 atom stereocenters. The van der Waals surface area contributed by atoms with Crippen molar-refractivity contribution in [3.63, 3.8) is 0 Å². The molecule has 0 saturated carbocycles. The van der Waals surface area contributed by atoms with Gasteiger partial charge < -0.3 is 9.22 Å². The Morgan fingerprint density at radius 2 is 1.82 bits per heavy atom. The lowest BCUT2D eigenvalue weighted by Gasteiger charge is -2.29. The van der Waals surface area contributed by atoms with E-state index >= 15 is 0 Å². The summed E-state index contributed by atoms with van der Waals surface area (Å²) < 4.78 is 35.1. The Balaban J connectivity index is 3.74. The van der Waals surface area contributed by atoms with Gasteiger partial charge in [-0.15, -0.1) is 0 Å². The van der Waals surface area contributed by atoms with Crippen LogP contribution in [0.25, 0.3) is 0 Å². The second kappa shape index (κ2) is 6.93. The van der Waals surface area contributed by atoms with E-state index in [1.54, 1.807) is 0 Å². The summed E-state index contributed by atoms with van der Waals surface area (Å²) in [6, 6.07) is 0. The third-order valence-corrected chi connectivity index (χ3v) is 3.22. The largest absolute Gasteiger partial charge is 0.460 e. The first kappa shape index (κ1) is 16.3. The topological polar surface area (TPSA) is 80.7 Å². The predicted octanol–water partition coefficient (Wildman–Crippen LogP) is 0.294. The molecule has 0 aromatic rings. The van der Waals surface area contributed by atoms with Crippen molar-refractivity contribution < 1.29 is 27.0 Å². The molecule has 0 aliphatic heterocycles. The normalized spacial score (nSPS) is 12.5. The van der Waals surface area contributed by atoms with E-state index in [-0.39, 0.29) is 11.7 Å². The maximum absolute atomic E-state index is 10.6. The van der Waals surface area contributed by atoms with Crippen LogP contribution in [0, 0.1) is 0 Å². The molecule has 7 heteroatoms. The third kappa shape index (κ3) is 11.6. The number of ether oxygens (including phenoxy) is 1. The van der Waals surface area contributed by atoms with Crippen molar-refractivity contribution in [2.24, 2.45) is 0 Å². The molecule has 0 aromatic carbocycles. The quantitative estimate of drug-likeness (QED) is 0.296. The molecule has 0 aliphatic rings. The summed E-state index contributed by atoms with van der Waals surface area (Å²) in [4.78, 5) is 10.6. The van der Waals surface area contributed by atoms with Crippen molar-refractivity contribution in [1.29, 1.82) is 0 Å². The van der Waals surface area contributed by atoms with Crippen LogP contribution < -0.4 is 0 Å². The number of carbonyl (C=O) groups excluding carboxylic acids is 1. The maximum atomic E-state index is 10.6. The zero-order chi connectivity index (χ0) is 13.5. The molecule has 0 aromatic heterocycles. The summed E-state index contributed by atoms with van der Waals surface area (Å²) in [5.41, 5.74) is 0. The van der Waals surface area contributed by atoms with Gasteiger partial charge in [0.1, 0.15) is 13.2 Å². The molecular weight excluding hydrogens is 246 g/mol. The number of hydrogen-bond donors (Lipinski definition) is 1. The molecule has 0 amide bonds. The van der Waals surface area contributed by atoms with Gasteiger partial charge in [-0.2, -0.15) is 8.42 Å². The van der Waals surface area contributed by atoms with Gasteiger partial charge in [0.25, 0.3) is 10.1 Å². The molecule has 0 bridgehead atoms. The number of likely N-dealkylation sites (N-methyl/N-ethyl adjacent to an activating group) is 1.